The topological polar surface area (TPSA) is 286 Å². The molecule has 0 aliphatic carbocycles. The molecule has 0 bridgehead atoms. The van der Waals surface area contributed by atoms with Gasteiger partial charge < -0.3 is 43.9 Å². The number of amides is 1. The maximum absolute atomic E-state index is 10.2. The Hall–Kier alpha value is -11.2. The number of H-pyrrole nitrogens is 5. The molecule has 1 saturated heterocycles. The van der Waals surface area contributed by atoms with Crippen molar-refractivity contribution in [1.29, 1.82) is 0 Å². The average Bonchev–Trinajstić information content (AvgIpc) is 1.75. The van der Waals surface area contributed by atoms with E-state index in [2.05, 4.69) is 79.5 Å². The zero-order valence-electron chi connectivity index (χ0n) is 70.9. The van der Waals surface area contributed by atoms with Crippen LogP contribution in [0.25, 0.3) is 0 Å². The van der Waals surface area contributed by atoms with Gasteiger partial charge in [0.1, 0.15) is 12.9 Å². The van der Waals surface area contributed by atoms with Crippen LogP contribution in [0, 0.1) is 0 Å². The molecule has 109 heavy (non-hydrogen) atoms. The lowest BCUT2D eigenvalue weighted by atomic mass is 10.3. The number of aromatic nitrogens is 13. The monoisotopic (exact) mass is 1550 g/mol. The van der Waals surface area contributed by atoms with Crippen LogP contribution < -0.4 is 25.8 Å². The Bertz CT molecular complexity index is 2610. The van der Waals surface area contributed by atoms with Gasteiger partial charge in [-0.3, -0.25) is 34.6 Å². The number of hydrogen-bond donors (Lipinski definition) is 6. The number of nitrogens with one attached hydrogen (secondary N) is 6. The number of carbonyl (C=O) groups excluding carboxylic acids is 1. The molecule has 2 aliphatic heterocycles. The van der Waals surface area contributed by atoms with Gasteiger partial charge in [-0.15, -0.1) is 11.3 Å². The third kappa shape index (κ3) is 127. The molecule has 610 valence electrons. The van der Waals surface area contributed by atoms with Gasteiger partial charge in [0.25, 0.3) is 0 Å². The highest BCUT2D eigenvalue weighted by Crippen LogP contribution is 2.30. The summed E-state index contributed by atoms with van der Waals surface area (Å²) in [5.74, 6) is 1.69. The summed E-state index contributed by atoms with van der Waals surface area (Å²) in [6.45, 7) is 53.6. The van der Waals surface area contributed by atoms with Gasteiger partial charge in [0.05, 0.1) is 30.9 Å². The van der Waals surface area contributed by atoms with Crippen LogP contribution in [-0.4, -0.2) is 91.1 Å². The molecule has 0 spiro atoms. The molecular formula is C86H142N14O7S2. The lowest BCUT2D eigenvalue weighted by Crippen LogP contribution is -2.11. The predicted molar refractivity (Wildman–Crippen MR) is 471 cm³/mol. The lowest BCUT2D eigenvalue weighted by Gasteiger charge is -1.89. The van der Waals surface area contributed by atoms with E-state index in [4.69, 9.17) is 9.47 Å². The second-order valence-corrected chi connectivity index (χ2v) is 15.6. The van der Waals surface area contributed by atoms with Crippen molar-refractivity contribution in [1.82, 2.24) is 70.3 Å². The molecule has 21 nitrogen and oxygen atoms in total. The van der Waals surface area contributed by atoms with Crippen molar-refractivity contribution in [3.63, 3.8) is 0 Å². The van der Waals surface area contributed by atoms with Gasteiger partial charge in [-0.2, -0.15) is 16.4 Å². The molecule has 11 aromatic heterocycles. The zero-order valence-corrected chi connectivity index (χ0v) is 72.5. The minimum Gasteiger partial charge on any atom is -0.473 e. The number of pyridine rings is 3. The largest absolute Gasteiger partial charge is 0.473 e. The van der Waals surface area contributed by atoms with Crippen LogP contribution in [0.4, 0.5) is 4.79 Å². The van der Waals surface area contributed by atoms with E-state index < -0.39 is 0 Å². The van der Waals surface area contributed by atoms with Crippen LogP contribution in [-0.2, 0) is 4.74 Å². The van der Waals surface area contributed by atoms with Crippen molar-refractivity contribution in [2.45, 2.75) is 180 Å². The average molecular weight is 1550 g/mol. The van der Waals surface area contributed by atoms with Crippen molar-refractivity contribution in [3.05, 3.63) is 337 Å². The number of carbonyl (C=O) groups is 1. The van der Waals surface area contributed by atoms with Gasteiger partial charge in [-0.25, -0.2) is 19.7 Å². The third-order valence-electron chi connectivity index (χ3n) is 7.94. The molecule has 13 heterocycles. The number of benzene rings is 2. The fourth-order valence-electron chi connectivity index (χ4n) is 4.48. The molecule has 2 aliphatic rings. The predicted octanol–water partition coefficient (Wildman–Crippen LogP) is 25.0. The molecule has 0 radical (unpaired) electrons. The summed E-state index contributed by atoms with van der Waals surface area (Å²) in [7, 11) is 0. The number of furan rings is 1. The number of imidazole rings is 1. The van der Waals surface area contributed by atoms with Gasteiger partial charge in [0.2, 0.25) is 12.4 Å². The van der Waals surface area contributed by atoms with Crippen molar-refractivity contribution >= 4 is 28.8 Å². The van der Waals surface area contributed by atoms with E-state index in [-0.39, 0.29) is 17.1 Å². The molecule has 23 heteroatoms. The standard InChI is InChI=1S/C7H6O2.C6H6.2C5H5NO.C5H5N.2C4H4N2.C4H5N.C4H4O.C4H4S.2C3H4N2.C3H5NO2.C3H3NS.13C2H6/c1-2-4-7-6(3-1)8-5-9-7;1-2-4-6-5-3-1;7-5-1-3-6-4-2-5;7-5-3-1-2-4-6-5;1-2-4-6-5-3-1;1-2-6-4-3-5-1;1-2-5-4-6-3-1;3*1-2-4-5-3-1;1-2-5-3-4-1;1-2-4-5-3-1;5-3-4-1-2-6-3;1-2-5-3-4-1;13*1-2/h1-4H,5H2;1-6H;2*1-4H,(H,6,7);1-5H;2*1-4H;1-5H;2*1-4H;2*1-3H,(H,4,5);1-2H2,(H,4,5);1-3H;13*1-2H3. The first-order chi connectivity index (χ1) is 54.1. The van der Waals surface area contributed by atoms with E-state index in [0.717, 1.165) is 11.5 Å². The summed E-state index contributed by atoms with van der Waals surface area (Å²) in [5.41, 5.74) is 1.78. The Morgan fingerprint density at radius 1 is 0.330 bits per heavy atom. The molecular weight excluding hydrogens is 1410 g/mol. The maximum atomic E-state index is 10.2. The summed E-state index contributed by atoms with van der Waals surface area (Å²) < 4.78 is 19.1. The normalized spacial score (nSPS) is 8.00. The van der Waals surface area contributed by atoms with E-state index in [9.17, 15) is 14.4 Å². The maximum Gasteiger partial charge on any atom is 0.407 e. The number of fused-ring (bicyclic) bond motifs is 1. The van der Waals surface area contributed by atoms with Crippen LogP contribution in [0.2, 0.25) is 0 Å². The highest BCUT2D eigenvalue weighted by molar-refractivity contribution is 7.07. The van der Waals surface area contributed by atoms with Gasteiger partial charge in [0, 0.05) is 135 Å². The first kappa shape index (κ1) is 125. The molecule has 6 N–H and O–H groups in total. The minimum absolute atomic E-state index is 0.0405. The quantitative estimate of drug-likeness (QED) is 0.0823. The van der Waals surface area contributed by atoms with Crippen LogP contribution in [0.15, 0.2) is 330 Å². The first-order valence-corrected chi connectivity index (χ1v) is 39.5. The fraction of sp³-hybridized carbons (Fsp3) is 0.337. The molecule has 0 unspecified atom stereocenters. The molecule has 13 aromatic rings. The number of para-hydroxylation sites is 2. The highest BCUT2D eigenvalue weighted by Gasteiger charge is 2.09. The molecule has 1 amide bonds. The first-order valence-electron chi connectivity index (χ1n) is 37.6. The van der Waals surface area contributed by atoms with Gasteiger partial charge >= 0.3 is 6.09 Å². The molecule has 2 aromatic carbocycles. The number of rotatable bonds is 0. The van der Waals surface area contributed by atoms with Crippen LogP contribution in [0.5, 0.6) is 11.5 Å². The number of thiazole rings is 1. The van der Waals surface area contributed by atoms with Crippen LogP contribution in [0.3, 0.4) is 0 Å². The van der Waals surface area contributed by atoms with E-state index in [1.165, 1.54) is 24.5 Å². The van der Waals surface area contributed by atoms with E-state index >= 15 is 0 Å². The Morgan fingerprint density at radius 3 is 0.963 bits per heavy atom. The molecule has 15 rings (SSSR count). The summed E-state index contributed by atoms with van der Waals surface area (Å²) in [5, 5.41) is 14.7. The summed E-state index contributed by atoms with van der Waals surface area (Å²) in [6, 6.07) is 48.4. The Morgan fingerprint density at radius 2 is 0.780 bits per heavy atom. The lowest BCUT2D eigenvalue weighted by molar-refractivity contribution is 0.174. The number of nitrogens with zero attached hydrogens (tertiary/aromatic N) is 8. The number of ether oxygens (including phenoxy) is 3. The Kier molecular flexibility index (Phi) is 163. The number of thiophene rings is 1. The minimum atomic E-state index is -0.296. The summed E-state index contributed by atoms with van der Waals surface area (Å²) >= 11 is 3.31. The van der Waals surface area contributed by atoms with E-state index in [1.54, 1.807) is 164 Å². The number of cyclic esters (lactones) is 1. The molecule has 1 fully saturated rings. The Balaban J connectivity index is -0.0000000910. The van der Waals surface area contributed by atoms with Crippen molar-refractivity contribution in [2.75, 3.05) is 19.9 Å². The third-order valence-corrected chi connectivity index (χ3v) is 9.10. The van der Waals surface area contributed by atoms with E-state index in [0.29, 0.717) is 19.9 Å². The number of hydrogen-bond acceptors (Lipinski definition) is 17. The Labute approximate surface area is 666 Å². The second kappa shape index (κ2) is 143. The van der Waals surface area contributed by atoms with Gasteiger partial charge in [-0.05, 0) is 77.5 Å². The molecule has 0 atom stereocenters. The summed E-state index contributed by atoms with van der Waals surface area (Å²) in [4.78, 5) is 67.2. The van der Waals surface area contributed by atoms with Crippen molar-refractivity contribution < 1.29 is 23.4 Å². The SMILES string of the molecule is CC.CC.CC.CC.CC.CC.CC.CC.CC.CC.CC.CC.CC.O=C1NCCO1.O=c1cc[nH]cc1.O=c1cccc[nH]1.c1c[nH]cn1.c1cc[nH]c1.c1ccc2c(c1)OCO2.c1ccccc1.c1ccncc1.c1ccoc1.c1ccsc1.c1cn[nH]c1.c1cnccn1.c1cncnc1.c1cscn1. The summed E-state index contributed by atoms with van der Waals surface area (Å²) in [6.07, 6.45) is 36.7. The van der Waals surface area contributed by atoms with Crippen LogP contribution in [0.1, 0.15) is 180 Å². The second-order valence-electron chi connectivity index (χ2n) is 14.0. The van der Waals surface area contributed by atoms with E-state index in [1.807, 2.05) is 330 Å². The smallest absolute Gasteiger partial charge is 0.407 e. The van der Waals surface area contributed by atoms with Crippen LogP contribution >= 0.6 is 22.7 Å². The fourth-order valence-corrected chi connectivity index (χ4v) is 5.29. The van der Waals surface area contributed by atoms with Gasteiger partial charge in [0.15, 0.2) is 16.9 Å². The zero-order chi connectivity index (χ0) is 84.9. The van der Waals surface area contributed by atoms with Crippen molar-refractivity contribution in [3.8, 4) is 11.5 Å². The number of alkyl carbamates (subject to hydrolysis) is 1. The number of aromatic amines is 5. The van der Waals surface area contributed by atoms with Gasteiger partial charge in [-0.1, -0.05) is 253 Å². The highest BCUT2D eigenvalue weighted by atomic mass is 32.1. The van der Waals surface area contributed by atoms with Crippen molar-refractivity contribution in [2.24, 2.45) is 0 Å². The molecule has 0 saturated carbocycles.